The van der Waals surface area contributed by atoms with E-state index in [2.05, 4.69) is 11.1 Å². The highest BCUT2D eigenvalue weighted by Gasteiger charge is 2.11. The number of nitrogens with zero attached hydrogens (tertiary/aromatic N) is 3. The highest BCUT2D eigenvalue weighted by molar-refractivity contribution is 7.98. The molecule has 154 valence electrons. The second-order valence-electron chi connectivity index (χ2n) is 6.55. The van der Waals surface area contributed by atoms with Gasteiger partial charge in [-0.3, -0.25) is 0 Å². The molecule has 0 fully saturated rings. The second kappa shape index (κ2) is 9.65. The number of pyridine rings is 1. The minimum atomic E-state index is 0.676. The maximum absolute atomic E-state index is 9.27. The number of benzene rings is 2. The molecule has 4 rings (SSSR count). The summed E-state index contributed by atoms with van der Waals surface area (Å²) in [7, 11) is 3.25. The lowest BCUT2D eigenvalue weighted by atomic mass is 10.1. The molecule has 0 aliphatic heterocycles. The van der Waals surface area contributed by atoms with Crippen LogP contribution in [0.1, 0.15) is 11.1 Å². The van der Waals surface area contributed by atoms with Crippen LogP contribution < -0.4 is 9.47 Å². The summed E-state index contributed by atoms with van der Waals surface area (Å²) in [5.74, 6) is 2.06. The Hall–Kier alpha value is -3.34. The fourth-order valence-corrected chi connectivity index (χ4v) is 4.79. The van der Waals surface area contributed by atoms with E-state index in [1.807, 2.05) is 60.0 Å². The zero-order valence-corrected chi connectivity index (χ0v) is 18.7. The number of rotatable bonds is 7. The maximum atomic E-state index is 9.27. The molecule has 2 heterocycles. The average molecular weight is 446 g/mol. The van der Waals surface area contributed by atoms with Crippen LogP contribution in [-0.4, -0.2) is 24.2 Å². The van der Waals surface area contributed by atoms with Crippen LogP contribution >= 0.6 is 23.1 Å². The van der Waals surface area contributed by atoms with Crippen LogP contribution in [0.4, 0.5) is 0 Å². The average Bonchev–Trinajstić information content (AvgIpc) is 3.33. The van der Waals surface area contributed by atoms with Gasteiger partial charge in [-0.05, 0) is 42.0 Å². The summed E-state index contributed by atoms with van der Waals surface area (Å²) >= 11 is 3.20. The summed E-state index contributed by atoms with van der Waals surface area (Å²) in [6.45, 7) is 0. The van der Waals surface area contributed by atoms with Crippen molar-refractivity contribution in [2.45, 2.75) is 10.8 Å². The lowest BCUT2D eigenvalue weighted by Crippen LogP contribution is -1.91. The van der Waals surface area contributed by atoms with Gasteiger partial charge >= 0.3 is 0 Å². The van der Waals surface area contributed by atoms with E-state index in [0.29, 0.717) is 22.8 Å². The van der Waals surface area contributed by atoms with Crippen molar-refractivity contribution < 1.29 is 9.47 Å². The SMILES string of the molecule is COc1ccc(-c2csc(-c3ccnc(SCc4ccccc4C#N)c3)n2)cc1OC. The molecule has 0 aliphatic carbocycles. The third kappa shape index (κ3) is 4.71. The predicted molar refractivity (Wildman–Crippen MR) is 125 cm³/mol. The summed E-state index contributed by atoms with van der Waals surface area (Å²) in [6, 6.07) is 19.7. The molecule has 0 spiro atoms. The van der Waals surface area contributed by atoms with E-state index in [9.17, 15) is 5.26 Å². The first kappa shape index (κ1) is 20.9. The maximum Gasteiger partial charge on any atom is 0.161 e. The van der Waals surface area contributed by atoms with Gasteiger partial charge in [0.15, 0.2) is 11.5 Å². The largest absolute Gasteiger partial charge is 0.493 e. The van der Waals surface area contributed by atoms with Crippen molar-refractivity contribution >= 4 is 23.1 Å². The van der Waals surface area contributed by atoms with E-state index < -0.39 is 0 Å². The van der Waals surface area contributed by atoms with Crippen molar-refractivity contribution in [1.29, 1.82) is 5.26 Å². The van der Waals surface area contributed by atoms with Gasteiger partial charge in [-0.25, -0.2) is 9.97 Å². The second-order valence-corrected chi connectivity index (χ2v) is 8.40. The third-order valence-electron chi connectivity index (χ3n) is 4.68. The van der Waals surface area contributed by atoms with Gasteiger partial charge in [-0.2, -0.15) is 5.26 Å². The Morgan fingerprint density at radius 1 is 1.00 bits per heavy atom. The van der Waals surface area contributed by atoms with Gasteiger partial charge in [0.25, 0.3) is 0 Å². The Morgan fingerprint density at radius 2 is 1.84 bits per heavy atom. The van der Waals surface area contributed by atoms with Crippen LogP contribution in [0, 0.1) is 11.3 Å². The molecule has 0 atom stereocenters. The lowest BCUT2D eigenvalue weighted by Gasteiger charge is -2.08. The molecule has 0 saturated heterocycles. The van der Waals surface area contributed by atoms with E-state index in [4.69, 9.17) is 14.5 Å². The molecular formula is C24H19N3O2S2. The Balaban J connectivity index is 1.54. The number of thioether (sulfide) groups is 1. The Kier molecular flexibility index (Phi) is 6.51. The molecule has 0 saturated carbocycles. The Bertz CT molecular complexity index is 1250. The van der Waals surface area contributed by atoms with Gasteiger partial charge in [0, 0.05) is 28.5 Å². The van der Waals surface area contributed by atoms with Crippen molar-refractivity contribution in [3.05, 3.63) is 77.3 Å². The molecule has 0 amide bonds. The minimum absolute atomic E-state index is 0.676. The van der Waals surface area contributed by atoms with Crippen LogP contribution in [0.5, 0.6) is 11.5 Å². The molecule has 7 heteroatoms. The lowest BCUT2D eigenvalue weighted by molar-refractivity contribution is 0.355. The van der Waals surface area contributed by atoms with Crippen molar-refractivity contribution in [3.63, 3.8) is 0 Å². The monoisotopic (exact) mass is 445 g/mol. The fraction of sp³-hybridized carbons (Fsp3) is 0.125. The van der Waals surface area contributed by atoms with Crippen LogP contribution in [-0.2, 0) is 5.75 Å². The summed E-state index contributed by atoms with van der Waals surface area (Å²) in [5.41, 5.74) is 4.58. The molecule has 2 aromatic carbocycles. The Labute approximate surface area is 189 Å². The van der Waals surface area contributed by atoms with Gasteiger partial charge in [0.1, 0.15) is 5.01 Å². The molecule has 0 unspecified atom stereocenters. The number of methoxy groups -OCH3 is 2. The van der Waals surface area contributed by atoms with Gasteiger partial charge in [0.2, 0.25) is 0 Å². The quantitative estimate of drug-likeness (QED) is 0.322. The molecule has 0 aliphatic rings. The smallest absolute Gasteiger partial charge is 0.161 e. The zero-order chi connectivity index (χ0) is 21.6. The molecule has 0 bridgehead atoms. The van der Waals surface area contributed by atoms with Crippen LogP contribution in [0.2, 0.25) is 0 Å². The number of thiazole rings is 1. The highest BCUT2D eigenvalue weighted by atomic mass is 32.2. The van der Waals surface area contributed by atoms with E-state index in [1.165, 1.54) is 0 Å². The summed E-state index contributed by atoms with van der Waals surface area (Å²) in [4.78, 5) is 9.28. The normalized spacial score (nSPS) is 10.5. The first-order chi connectivity index (χ1) is 15.2. The van der Waals surface area contributed by atoms with E-state index in [0.717, 1.165) is 32.4 Å². The standard InChI is InChI=1S/C24H19N3O2S2/c1-28-21-8-7-16(11-22(21)29-2)20-15-31-24(27-20)17-9-10-26-23(12-17)30-14-19-6-4-3-5-18(19)13-25/h3-12,15H,14H2,1-2H3. The zero-order valence-electron chi connectivity index (χ0n) is 17.0. The van der Waals surface area contributed by atoms with Crippen molar-refractivity contribution in [1.82, 2.24) is 9.97 Å². The molecule has 0 N–H and O–H groups in total. The molecular weight excluding hydrogens is 426 g/mol. The van der Waals surface area contributed by atoms with E-state index >= 15 is 0 Å². The summed E-state index contributed by atoms with van der Waals surface area (Å²) < 4.78 is 10.7. The van der Waals surface area contributed by atoms with Gasteiger partial charge < -0.3 is 9.47 Å². The highest BCUT2D eigenvalue weighted by Crippen LogP contribution is 2.35. The number of hydrogen-bond donors (Lipinski definition) is 0. The van der Waals surface area contributed by atoms with Gasteiger partial charge in [-0.1, -0.05) is 18.2 Å². The summed E-state index contributed by atoms with van der Waals surface area (Å²) in [5, 5.41) is 13.1. The molecule has 31 heavy (non-hydrogen) atoms. The van der Waals surface area contributed by atoms with Gasteiger partial charge in [0.05, 0.1) is 36.6 Å². The van der Waals surface area contributed by atoms with Crippen LogP contribution in [0.25, 0.3) is 21.8 Å². The minimum Gasteiger partial charge on any atom is -0.493 e. The number of ether oxygens (including phenoxy) is 2. The first-order valence-corrected chi connectivity index (χ1v) is 11.3. The van der Waals surface area contributed by atoms with E-state index in [1.54, 1.807) is 43.5 Å². The Morgan fingerprint density at radius 3 is 2.65 bits per heavy atom. The first-order valence-electron chi connectivity index (χ1n) is 9.47. The molecule has 5 nitrogen and oxygen atoms in total. The number of hydrogen-bond acceptors (Lipinski definition) is 7. The molecule has 4 aromatic rings. The van der Waals surface area contributed by atoms with Crippen molar-refractivity contribution in [2.75, 3.05) is 14.2 Å². The van der Waals surface area contributed by atoms with Gasteiger partial charge in [-0.15, -0.1) is 23.1 Å². The predicted octanol–water partition coefficient (Wildman–Crippen LogP) is 6.05. The third-order valence-corrected chi connectivity index (χ3v) is 6.54. The van der Waals surface area contributed by atoms with Crippen LogP contribution in [0.15, 0.2) is 71.2 Å². The van der Waals surface area contributed by atoms with Crippen LogP contribution in [0.3, 0.4) is 0 Å². The topological polar surface area (TPSA) is 68.0 Å². The van der Waals surface area contributed by atoms with Crippen molar-refractivity contribution in [3.8, 4) is 39.4 Å². The molecule has 2 aromatic heterocycles. The number of aromatic nitrogens is 2. The summed E-state index contributed by atoms with van der Waals surface area (Å²) in [6.07, 6.45) is 1.80. The fourth-order valence-electron chi connectivity index (χ4n) is 3.06. The number of nitriles is 1. The molecule has 0 radical (unpaired) electrons. The van der Waals surface area contributed by atoms with E-state index in [-0.39, 0.29) is 0 Å². The van der Waals surface area contributed by atoms with Crippen molar-refractivity contribution in [2.24, 2.45) is 0 Å².